The molecule has 2 aromatic rings. The standard InChI is InChI=1S/C23H27N3O3/c1-3-25(4-2)15-8-16-26-20(17-9-6-5-7-10-17)19(22(28)23(26)29)21(27)18-11-13-24-14-12-18/h5-7,9-14,20,27H,3-4,8,15-16H2,1-2H3. The highest BCUT2D eigenvalue weighted by molar-refractivity contribution is 6.46. The van der Waals surface area contributed by atoms with Gasteiger partial charge >= 0.3 is 0 Å². The molecule has 6 heteroatoms. The molecule has 0 spiro atoms. The van der Waals surface area contributed by atoms with Crippen LogP contribution < -0.4 is 10.0 Å². The Kier molecular flexibility index (Phi) is 6.77. The van der Waals surface area contributed by atoms with Crippen LogP contribution in [-0.4, -0.2) is 47.8 Å². The monoisotopic (exact) mass is 393 g/mol. The van der Waals surface area contributed by atoms with Gasteiger partial charge in [0.2, 0.25) is 5.78 Å². The van der Waals surface area contributed by atoms with Crippen molar-refractivity contribution in [1.82, 2.24) is 9.88 Å². The molecule has 0 saturated carbocycles. The van der Waals surface area contributed by atoms with Crippen LogP contribution in [0, 0.1) is 0 Å². The number of quaternary nitrogens is 1. The second-order valence-electron chi connectivity index (χ2n) is 7.18. The van der Waals surface area contributed by atoms with Gasteiger partial charge in [-0.2, -0.15) is 0 Å². The Hall–Kier alpha value is -2.99. The summed E-state index contributed by atoms with van der Waals surface area (Å²) in [6.07, 6.45) is 3.80. The number of likely N-dealkylation sites (tertiary alicyclic amines) is 1. The summed E-state index contributed by atoms with van der Waals surface area (Å²) in [6, 6.07) is 11.8. The van der Waals surface area contributed by atoms with Crippen molar-refractivity contribution in [2.24, 2.45) is 0 Å². The third-order valence-electron chi connectivity index (χ3n) is 5.52. The van der Waals surface area contributed by atoms with E-state index in [4.69, 9.17) is 0 Å². The molecule has 1 atom stereocenters. The molecule has 2 heterocycles. The second-order valence-corrected chi connectivity index (χ2v) is 7.18. The predicted octanol–water partition coefficient (Wildman–Crippen LogP) is 0.620. The summed E-state index contributed by atoms with van der Waals surface area (Å²) in [6.45, 7) is 7.67. The summed E-state index contributed by atoms with van der Waals surface area (Å²) in [7, 11) is 0. The molecule has 0 bridgehead atoms. The number of rotatable bonds is 8. The predicted molar refractivity (Wildman–Crippen MR) is 109 cm³/mol. The smallest absolute Gasteiger partial charge is 0.295 e. The first kappa shape index (κ1) is 20.7. The Labute approximate surface area is 171 Å². The van der Waals surface area contributed by atoms with Gasteiger partial charge in [-0.3, -0.25) is 14.6 Å². The molecule has 1 aromatic carbocycles. The molecule has 152 valence electrons. The molecular weight excluding hydrogens is 366 g/mol. The summed E-state index contributed by atoms with van der Waals surface area (Å²) in [5.41, 5.74) is 1.17. The van der Waals surface area contributed by atoms with Crippen LogP contribution in [-0.2, 0) is 9.59 Å². The van der Waals surface area contributed by atoms with Crippen molar-refractivity contribution in [2.75, 3.05) is 26.2 Å². The van der Waals surface area contributed by atoms with Gasteiger partial charge in [-0.25, -0.2) is 0 Å². The second kappa shape index (κ2) is 9.47. The van der Waals surface area contributed by atoms with Gasteiger partial charge in [0.15, 0.2) is 0 Å². The Morgan fingerprint density at radius 3 is 2.34 bits per heavy atom. The van der Waals surface area contributed by atoms with E-state index < -0.39 is 23.5 Å². The van der Waals surface area contributed by atoms with E-state index in [-0.39, 0.29) is 5.57 Å². The lowest BCUT2D eigenvalue weighted by atomic mass is 9.95. The van der Waals surface area contributed by atoms with Crippen molar-refractivity contribution in [2.45, 2.75) is 26.3 Å². The van der Waals surface area contributed by atoms with E-state index in [1.54, 1.807) is 17.0 Å². The van der Waals surface area contributed by atoms with Gasteiger partial charge in [-0.05, 0) is 37.1 Å². The number of hydrogen-bond acceptors (Lipinski definition) is 4. The summed E-state index contributed by atoms with van der Waals surface area (Å²) >= 11 is 0. The molecule has 1 aliphatic heterocycles. The summed E-state index contributed by atoms with van der Waals surface area (Å²) in [5, 5.41) is 13.1. The molecule has 0 aliphatic carbocycles. The normalized spacial score (nSPS) is 18.6. The lowest BCUT2D eigenvalue weighted by molar-refractivity contribution is -0.896. The van der Waals surface area contributed by atoms with E-state index >= 15 is 0 Å². The van der Waals surface area contributed by atoms with Gasteiger partial charge in [0.1, 0.15) is 0 Å². The number of hydrogen-bond donors (Lipinski definition) is 1. The van der Waals surface area contributed by atoms with Gasteiger partial charge in [0.25, 0.3) is 5.91 Å². The molecule has 29 heavy (non-hydrogen) atoms. The first-order chi connectivity index (χ1) is 14.1. The molecule has 1 aromatic heterocycles. The highest BCUT2D eigenvalue weighted by atomic mass is 16.3. The first-order valence-corrected chi connectivity index (χ1v) is 10.1. The van der Waals surface area contributed by atoms with Gasteiger partial charge < -0.3 is 14.9 Å². The van der Waals surface area contributed by atoms with E-state index in [1.165, 1.54) is 17.3 Å². The molecular formula is C23H27N3O3. The average molecular weight is 393 g/mol. The number of carbonyl (C=O) groups is 2. The Morgan fingerprint density at radius 2 is 1.72 bits per heavy atom. The number of pyridine rings is 1. The first-order valence-electron chi connectivity index (χ1n) is 10.1. The summed E-state index contributed by atoms with van der Waals surface area (Å²) < 4.78 is 0. The minimum absolute atomic E-state index is 0.0302. The molecule has 3 rings (SSSR count). The highest BCUT2D eigenvalue weighted by Crippen LogP contribution is 2.38. The van der Waals surface area contributed by atoms with Gasteiger partial charge in [0, 0.05) is 30.9 Å². The number of amides is 1. The van der Waals surface area contributed by atoms with Gasteiger partial charge in [0.05, 0.1) is 25.7 Å². The minimum Gasteiger partial charge on any atom is -0.872 e. The lowest BCUT2D eigenvalue weighted by Gasteiger charge is -2.28. The van der Waals surface area contributed by atoms with Gasteiger partial charge in [-0.1, -0.05) is 36.1 Å². The quantitative estimate of drug-likeness (QED) is 0.405. The van der Waals surface area contributed by atoms with Crippen molar-refractivity contribution in [3.05, 3.63) is 71.6 Å². The zero-order chi connectivity index (χ0) is 20.8. The topological polar surface area (TPSA) is 77.8 Å². The molecule has 0 radical (unpaired) electrons. The fraction of sp³-hybridized carbons (Fsp3) is 0.348. The fourth-order valence-corrected chi connectivity index (χ4v) is 3.84. The van der Waals surface area contributed by atoms with Gasteiger partial charge in [-0.15, -0.1) is 0 Å². The lowest BCUT2D eigenvalue weighted by Crippen LogP contribution is -3.11. The van der Waals surface area contributed by atoms with Crippen LogP contribution in [0.25, 0.3) is 5.76 Å². The van der Waals surface area contributed by atoms with Crippen LogP contribution in [0.3, 0.4) is 0 Å². The van der Waals surface area contributed by atoms with Crippen molar-refractivity contribution >= 4 is 17.4 Å². The largest absolute Gasteiger partial charge is 0.872 e. The van der Waals surface area contributed by atoms with Crippen molar-refractivity contribution in [3.63, 3.8) is 0 Å². The van der Waals surface area contributed by atoms with Crippen molar-refractivity contribution in [1.29, 1.82) is 0 Å². The average Bonchev–Trinajstić information content (AvgIpc) is 3.02. The molecule has 6 nitrogen and oxygen atoms in total. The number of aromatic nitrogens is 1. The maximum atomic E-state index is 13.1. The van der Waals surface area contributed by atoms with E-state index in [2.05, 4.69) is 18.8 Å². The highest BCUT2D eigenvalue weighted by Gasteiger charge is 2.43. The molecule has 1 saturated heterocycles. The molecule has 1 aliphatic rings. The third-order valence-corrected chi connectivity index (χ3v) is 5.52. The number of nitrogens with one attached hydrogen (secondary N) is 1. The zero-order valence-electron chi connectivity index (χ0n) is 16.9. The van der Waals surface area contributed by atoms with Crippen LogP contribution in [0.5, 0.6) is 0 Å². The Bertz CT molecular complexity index is 877. The SMILES string of the molecule is CC[NH+](CC)CCCN1C(=O)C(=O)C(=C([O-])c2ccncc2)C1c1ccccc1. The fourth-order valence-electron chi connectivity index (χ4n) is 3.84. The van der Waals surface area contributed by atoms with Crippen LogP contribution in [0.2, 0.25) is 0 Å². The van der Waals surface area contributed by atoms with Crippen LogP contribution >= 0.6 is 0 Å². The van der Waals surface area contributed by atoms with E-state index in [9.17, 15) is 14.7 Å². The van der Waals surface area contributed by atoms with E-state index in [0.29, 0.717) is 12.1 Å². The summed E-state index contributed by atoms with van der Waals surface area (Å²) in [5.74, 6) is -1.70. The maximum absolute atomic E-state index is 13.1. The molecule has 1 fully saturated rings. The summed E-state index contributed by atoms with van der Waals surface area (Å²) in [4.78, 5) is 32.6. The Morgan fingerprint density at radius 1 is 1.07 bits per heavy atom. The number of benzene rings is 1. The van der Waals surface area contributed by atoms with Crippen molar-refractivity contribution < 1.29 is 19.6 Å². The number of Topliss-reactive ketones (excluding diaryl/α,β-unsaturated/α-hetero) is 1. The molecule has 1 unspecified atom stereocenters. The number of carbonyl (C=O) groups excluding carboxylic acids is 2. The van der Waals surface area contributed by atoms with Crippen LogP contribution in [0.4, 0.5) is 0 Å². The number of ketones is 1. The minimum atomic E-state index is -0.698. The van der Waals surface area contributed by atoms with Crippen LogP contribution in [0.15, 0.2) is 60.4 Å². The van der Waals surface area contributed by atoms with E-state index in [1.807, 2.05) is 30.3 Å². The molecule has 1 amide bonds. The third kappa shape index (κ3) is 4.38. The Balaban J connectivity index is 1.98. The number of nitrogens with zero attached hydrogens (tertiary/aromatic N) is 2. The van der Waals surface area contributed by atoms with Crippen LogP contribution in [0.1, 0.15) is 37.4 Å². The van der Waals surface area contributed by atoms with E-state index in [0.717, 1.165) is 31.6 Å². The molecule has 1 N–H and O–H groups in total. The zero-order valence-corrected chi connectivity index (χ0v) is 16.9. The van der Waals surface area contributed by atoms with Crippen molar-refractivity contribution in [3.8, 4) is 0 Å². The maximum Gasteiger partial charge on any atom is 0.295 e.